The summed E-state index contributed by atoms with van der Waals surface area (Å²) in [5.41, 5.74) is 0.0478. The molecule has 2 aromatic carbocycles. The summed E-state index contributed by atoms with van der Waals surface area (Å²) in [6, 6.07) is 8.92. The molecule has 0 aromatic heterocycles. The molecule has 1 saturated carbocycles. The van der Waals surface area contributed by atoms with Crippen molar-refractivity contribution in [3.63, 3.8) is 0 Å². The lowest BCUT2D eigenvalue weighted by atomic mass is 10.1. The number of nitrogens with zero attached hydrogens (tertiary/aromatic N) is 1. The van der Waals surface area contributed by atoms with Gasteiger partial charge in [-0.25, -0.2) is 0 Å². The Labute approximate surface area is 154 Å². The number of amides is 1. The number of nitrogens with one attached hydrogen (secondary N) is 1. The summed E-state index contributed by atoms with van der Waals surface area (Å²) in [6.45, 7) is 0. The highest BCUT2D eigenvalue weighted by molar-refractivity contribution is 6.31. The summed E-state index contributed by atoms with van der Waals surface area (Å²) in [4.78, 5) is 23.0. The first-order chi connectivity index (χ1) is 12.5. The molecule has 7 nitrogen and oxygen atoms in total. The van der Waals surface area contributed by atoms with Gasteiger partial charge in [0.1, 0.15) is 5.56 Å². The Morgan fingerprint density at radius 3 is 2.58 bits per heavy atom. The average molecular weight is 375 g/mol. The van der Waals surface area contributed by atoms with Crippen LogP contribution in [0.4, 0.5) is 11.4 Å². The maximum absolute atomic E-state index is 12.5. The lowest BCUT2D eigenvalue weighted by Gasteiger charge is -2.21. The standard InChI is InChI=1S/C18H15ClN2O5/c19-11-3-5-14(21(23)24)13(9-11)17(22)20-12-4-6-15-16(10-12)26-18(25-15)7-1-2-8-18/h3-6,9-10H,1-2,7-8H2,(H,20,22). The lowest BCUT2D eigenvalue weighted by Crippen LogP contribution is -2.34. The van der Waals surface area contributed by atoms with Gasteiger partial charge in [-0.1, -0.05) is 11.6 Å². The van der Waals surface area contributed by atoms with Gasteiger partial charge < -0.3 is 14.8 Å². The van der Waals surface area contributed by atoms with Crippen LogP contribution in [-0.4, -0.2) is 16.6 Å². The van der Waals surface area contributed by atoms with E-state index in [0.29, 0.717) is 17.2 Å². The molecular formula is C18H15ClN2O5. The minimum Gasteiger partial charge on any atom is -0.448 e. The second-order valence-corrected chi connectivity index (χ2v) is 6.79. The molecule has 134 valence electrons. The molecule has 1 heterocycles. The van der Waals surface area contributed by atoms with Crippen LogP contribution in [0.15, 0.2) is 36.4 Å². The highest BCUT2D eigenvalue weighted by atomic mass is 35.5. The molecule has 0 atom stereocenters. The lowest BCUT2D eigenvalue weighted by molar-refractivity contribution is -0.385. The Morgan fingerprint density at radius 2 is 1.85 bits per heavy atom. The van der Waals surface area contributed by atoms with Crippen LogP contribution in [0.5, 0.6) is 11.5 Å². The Balaban J connectivity index is 1.57. The number of halogens is 1. The first-order valence-electron chi connectivity index (χ1n) is 8.23. The van der Waals surface area contributed by atoms with E-state index in [4.69, 9.17) is 21.1 Å². The largest absolute Gasteiger partial charge is 0.448 e. The van der Waals surface area contributed by atoms with E-state index in [-0.39, 0.29) is 16.3 Å². The normalized spacial score (nSPS) is 16.7. The fourth-order valence-electron chi connectivity index (χ4n) is 3.34. The highest BCUT2D eigenvalue weighted by Crippen LogP contribution is 2.47. The van der Waals surface area contributed by atoms with Gasteiger partial charge in [-0.2, -0.15) is 0 Å². The van der Waals surface area contributed by atoms with E-state index in [1.807, 2.05) is 0 Å². The number of hydrogen-bond donors (Lipinski definition) is 1. The van der Waals surface area contributed by atoms with Crippen LogP contribution in [0.1, 0.15) is 36.0 Å². The second kappa shape index (κ2) is 6.17. The van der Waals surface area contributed by atoms with Gasteiger partial charge in [0.05, 0.1) is 4.92 Å². The summed E-state index contributed by atoms with van der Waals surface area (Å²) in [5, 5.41) is 14.0. The van der Waals surface area contributed by atoms with Gasteiger partial charge in [0.15, 0.2) is 11.5 Å². The maximum Gasteiger partial charge on any atom is 0.282 e. The van der Waals surface area contributed by atoms with Gasteiger partial charge >= 0.3 is 0 Å². The number of nitro groups is 1. The zero-order valence-electron chi connectivity index (χ0n) is 13.7. The zero-order valence-corrected chi connectivity index (χ0v) is 14.4. The van der Waals surface area contributed by atoms with Gasteiger partial charge in [-0.05, 0) is 37.1 Å². The third kappa shape index (κ3) is 2.94. The minimum atomic E-state index is -0.617. The fourth-order valence-corrected chi connectivity index (χ4v) is 3.51. The number of ether oxygens (including phenoxy) is 2. The van der Waals surface area contributed by atoms with Gasteiger partial charge in [0, 0.05) is 35.7 Å². The molecule has 1 amide bonds. The molecule has 0 bridgehead atoms. The summed E-state index contributed by atoms with van der Waals surface area (Å²) in [5.74, 6) is -0.00551. The van der Waals surface area contributed by atoms with E-state index in [2.05, 4.69) is 5.32 Å². The number of carbonyl (C=O) groups is 1. The van der Waals surface area contributed by atoms with Crippen molar-refractivity contribution in [1.82, 2.24) is 0 Å². The first-order valence-corrected chi connectivity index (χ1v) is 8.61. The minimum absolute atomic E-state index is 0.104. The van der Waals surface area contributed by atoms with E-state index < -0.39 is 16.6 Å². The number of rotatable bonds is 3. The van der Waals surface area contributed by atoms with Crippen molar-refractivity contribution >= 4 is 28.9 Å². The van der Waals surface area contributed by atoms with Gasteiger partial charge in [-0.3, -0.25) is 14.9 Å². The van der Waals surface area contributed by atoms with E-state index in [9.17, 15) is 14.9 Å². The van der Waals surface area contributed by atoms with E-state index in [1.54, 1.807) is 18.2 Å². The van der Waals surface area contributed by atoms with E-state index >= 15 is 0 Å². The van der Waals surface area contributed by atoms with Crippen molar-refractivity contribution in [3.05, 3.63) is 57.1 Å². The van der Waals surface area contributed by atoms with Crippen LogP contribution < -0.4 is 14.8 Å². The van der Waals surface area contributed by atoms with Crippen molar-refractivity contribution in [1.29, 1.82) is 0 Å². The molecule has 0 radical (unpaired) electrons. The number of fused-ring (bicyclic) bond motifs is 1. The summed E-state index contributed by atoms with van der Waals surface area (Å²) in [7, 11) is 0. The predicted molar refractivity (Wildman–Crippen MR) is 95.0 cm³/mol. The molecule has 8 heteroatoms. The monoisotopic (exact) mass is 374 g/mol. The average Bonchev–Trinajstić information content (AvgIpc) is 3.20. The van der Waals surface area contributed by atoms with Gasteiger partial charge in [0.25, 0.3) is 17.4 Å². The van der Waals surface area contributed by atoms with Gasteiger partial charge in [-0.15, -0.1) is 0 Å². The maximum atomic E-state index is 12.5. The molecule has 1 aliphatic carbocycles. The topological polar surface area (TPSA) is 90.7 Å². The molecule has 0 unspecified atom stereocenters. The molecular weight excluding hydrogens is 360 g/mol. The Kier molecular flexibility index (Phi) is 3.96. The second-order valence-electron chi connectivity index (χ2n) is 6.36. The van der Waals surface area contributed by atoms with Crippen molar-refractivity contribution < 1.29 is 19.2 Å². The molecule has 2 aliphatic rings. The number of anilines is 1. The third-order valence-corrected chi connectivity index (χ3v) is 4.79. The van der Waals surface area contributed by atoms with E-state index in [1.165, 1.54) is 18.2 Å². The number of nitro benzene ring substituents is 1. The SMILES string of the molecule is O=C(Nc1ccc2c(c1)OC1(CCCC1)O2)c1cc(Cl)ccc1[N+](=O)[O-]. The van der Waals surface area contributed by atoms with Crippen molar-refractivity contribution in [2.45, 2.75) is 31.5 Å². The molecule has 1 aliphatic heterocycles. The third-order valence-electron chi connectivity index (χ3n) is 4.56. The molecule has 1 spiro atoms. The zero-order chi connectivity index (χ0) is 18.3. The van der Waals surface area contributed by atoms with Crippen LogP contribution in [0.25, 0.3) is 0 Å². The smallest absolute Gasteiger partial charge is 0.282 e. The molecule has 26 heavy (non-hydrogen) atoms. The number of benzene rings is 2. The van der Waals surface area contributed by atoms with Crippen molar-refractivity contribution in [2.24, 2.45) is 0 Å². The molecule has 4 rings (SSSR count). The van der Waals surface area contributed by atoms with Crippen LogP contribution >= 0.6 is 11.6 Å². The number of hydrogen-bond acceptors (Lipinski definition) is 5. The van der Waals surface area contributed by atoms with Crippen LogP contribution in [0.3, 0.4) is 0 Å². The number of carbonyl (C=O) groups excluding carboxylic acids is 1. The Hall–Kier alpha value is -2.80. The fraction of sp³-hybridized carbons (Fsp3) is 0.278. The van der Waals surface area contributed by atoms with Crippen LogP contribution in [0.2, 0.25) is 5.02 Å². The summed E-state index contributed by atoms with van der Waals surface area (Å²) < 4.78 is 11.9. The molecule has 1 N–H and O–H groups in total. The van der Waals surface area contributed by atoms with Crippen molar-refractivity contribution in [3.8, 4) is 11.5 Å². The highest BCUT2D eigenvalue weighted by Gasteiger charge is 2.44. The predicted octanol–water partition coefficient (Wildman–Crippen LogP) is 4.54. The Morgan fingerprint density at radius 1 is 1.12 bits per heavy atom. The Bertz CT molecular complexity index is 908. The first kappa shape index (κ1) is 16.7. The molecule has 0 saturated heterocycles. The van der Waals surface area contributed by atoms with Gasteiger partial charge in [0.2, 0.25) is 0 Å². The summed E-state index contributed by atoms with van der Waals surface area (Å²) >= 11 is 5.88. The molecule has 2 aromatic rings. The van der Waals surface area contributed by atoms with Crippen molar-refractivity contribution in [2.75, 3.05) is 5.32 Å². The summed E-state index contributed by atoms with van der Waals surface area (Å²) in [6.07, 6.45) is 3.77. The quantitative estimate of drug-likeness (QED) is 0.629. The van der Waals surface area contributed by atoms with Crippen LogP contribution in [0, 0.1) is 10.1 Å². The van der Waals surface area contributed by atoms with E-state index in [0.717, 1.165) is 25.7 Å². The molecule has 1 fully saturated rings. The van der Waals surface area contributed by atoms with Crippen LogP contribution in [-0.2, 0) is 0 Å².